The predicted octanol–water partition coefficient (Wildman–Crippen LogP) is 2.10. The fourth-order valence-electron chi connectivity index (χ4n) is 1.89. The fourth-order valence-corrected chi connectivity index (χ4v) is 1.89. The van der Waals surface area contributed by atoms with E-state index in [0.29, 0.717) is 5.56 Å². The maximum absolute atomic E-state index is 13.6. The van der Waals surface area contributed by atoms with Crippen molar-refractivity contribution in [2.75, 3.05) is 0 Å². The van der Waals surface area contributed by atoms with Crippen LogP contribution < -0.4 is 16.0 Å². The summed E-state index contributed by atoms with van der Waals surface area (Å²) in [4.78, 5) is 23.3. The molecular weight excluding hydrogens is 273 g/mol. The summed E-state index contributed by atoms with van der Waals surface area (Å²) in [6.07, 6.45) is 0. The summed E-state index contributed by atoms with van der Waals surface area (Å²) in [5, 5.41) is 7.76. The lowest BCUT2D eigenvalue weighted by Gasteiger charge is -2.20. The Bertz CT molecular complexity index is 505. The second kappa shape index (κ2) is 7.73. The van der Waals surface area contributed by atoms with E-state index >= 15 is 0 Å². The van der Waals surface area contributed by atoms with E-state index in [1.807, 2.05) is 0 Å². The largest absolute Gasteiger partial charge is 0.336 e. The van der Waals surface area contributed by atoms with Crippen LogP contribution >= 0.6 is 0 Å². The summed E-state index contributed by atoms with van der Waals surface area (Å²) >= 11 is 0. The number of halogens is 1. The van der Waals surface area contributed by atoms with Crippen LogP contribution in [-0.2, 0) is 4.79 Å². The molecule has 0 saturated heterocycles. The van der Waals surface area contributed by atoms with Gasteiger partial charge in [-0.3, -0.25) is 15.4 Å². The highest BCUT2D eigenvalue weighted by Gasteiger charge is 2.19. The average molecular weight is 295 g/mol. The molecule has 0 unspecified atom stereocenters. The summed E-state index contributed by atoms with van der Waals surface area (Å²) in [6.45, 7) is 6.98. The van der Waals surface area contributed by atoms with Gasteiger partial charge < -0.3 is 5.32 Å². The summed E-state index contributed by atoms with van der Waals surface area (Å²) in [6, 6.07) is 4.80. The predicted molar refractivity (Wildman–Crippen MR) is 79.2 cm³/mol. The number of urea groups is 1. The highest BCUT2D eigenvalue weighted by Crippen LogP contribution is 2.16. The highest BCUT2D eigenvalue weighted by molar-refractivity contribution is 5.96. The highest BCUT2D eigenvalue weighted by atomic mass is 19.1. The van der Waals surface area contributed by atoms with Crippen molar-refractivity contribution in [3.05, 3.63) is 35.6 Å². The van der Waals surface area contributed by atoms with Gasteiger partial charge in [0, 0.05) is 17.6 Å². The monoisotopic (exact) mass is 295 g/mol. The first-order valence-corrected chi connectivity index (χ1v) is 6.93. The number of benzene rings is 1. The number of amides is 3. The number of nitrogens with one attached hydrogen (secondary N) is 3. The molecule has 1 rings (SSSR count). The normalized spacial score (nSPS) is 13.6. The topological polar surface area (TPSA) is 70.2 Å². The van der Waals surface area contributed by atoms with Crippen molar-refractivity contribution in [3.8, 4) is 0 Å². The third kappa shape index (κ3) is 5.51. The molecule has 116 valence electrons. The molecule has 6 heteroatoms. The van der Waals surface area contributed by atoms with E-state index in [1.54, 1.807) is 45.9 Å². The third-order valence-corrected chi connectivity index (χ3v) is 2.92. The lowest BCUT2D eigenvalue weighted by molar-refractivity contribution is -0.121. The summed E-state index contributed by atoms with van der Waals surface area (Å²) in [5.74, 6) is -0.793. The lowest BCUT2D eigenvalue weighted by atomic mass is 10.1. The molecule has 1 aromatic rings. The van der Waals surface area contributed by atoms with E-state index in [0.717, 1.165) is 0 Å². The molecule has 0 saturated carbocycles. The number of carbonyl (C=O) groups is 2. The van der Waals surface area contributed by atoms with Gasteiger partial charge in [-0.05, 0) is 33.8 Å². The van der Waals surface area contributed by atoms with E-state index in [1.165, 1.54) is 6.07 Å². The Morgan fingerprint density at radius 3 is 2.29 bits per heavy atom. The van der Waals surface area contributed by atoms with Gasteiger partial charge in [-0.15, -0.1) is 0 Å². The lowest BCUT2D eigenvalue weighted by Crippen LogP contribution is -2.49. The molecule has 0 spiro atoms. The number of hydrogen-bond donors (Lipinski definition) is 3. The molecule has 0 aliphatic heterocycles. The van der Waals surface area contributed by atoms with Crippen LogP contribution in [0.3, 0.4) is 0 Å². The smallest absolute Gasteiger partial charge is 0.321 e. The van der Waals surface area contributed by atoms with Gasteiger partial charge in [-0.1, -0.05) is 18.2 Å². The van der Waals surface area contributed by atoms with Crippen LogP contribution in [0.25, 0.3) is 0 Å². The number of hydrogen-bond acceptors (Lipinski definition) is 3. The molecule has 0 fully saturated rings. The van der Waals surface area contributed by atoms with Gasteiger partial charge in [0.1, 0.15) is 5.82 Å². The minimum atomic E-state index is -0.627. The minimum absolute atomic E-state index is 0.0570. The standard InChI is InChI=1S/C15H22FN3O2/c1-9(2)17-15(21)19-14(20)11(4)18-10(3)12-7-5-6-8-13(12)16/h5-11,18H,1-4H3,(H2,17,19,20,21)/t10-,11-/m0/s1. The van der Waals surface area contributed by atoms with Crippen LogP contribution in [-0.4, -0.2) is 24.0 Å². The van der Waals surface area contributed by atoms with Crippen molar-refractivity contribution in [2.24, 2.45) is 0 Å². The Labute approximate surface area is 124 Å². The molecule has 3 N–H and O–H groups in total. The van der Waals surface area contributed by atoms with E-state index in [2.05, 4.69) is 16.0 Å². The van der Waals surface area contributed by atoms with Gasteiger partial charge in [-0.25, -0.2) is 9.18 Å². The first kappa shape index (κ1) is 17.1. The molecule has 0 aliphatic carbocycles. The SMILES string of the molecule is CC(C)NC(=O)NC(=O)[C@H](C)N[C@@H](C)c1ccccc1F. The Morgan fingerprint density at radius 2 is 1.71 bits per heavy atom. The van der Waals surface area contributed by atoms with Gasteiger partial charge in [0.05, 0.1) is 6.04 Å². The van der Waals surface area contributed by atoms with E-state index in [9.17, 15) is 14.0 Å². The van der Waals surface area contributed by atoms with Crippen LogP contribution in [0.15, 0.2) is 24.3 Å². The maximum atomic E-state index is 13.6. The zero-order chi connectivity index (χ0) is 16.0. The van der Waals surface area contributed by atoms with Crippen molar-refractivity contribution in [2.45, 2.75) is 45.8 Å². The third-order valence-electron chi connectivity index (χ3n) is 2.92. The van der Waals surface area contributed by atoms with Gasteiger partial charge in [-0.2, -0.15) is 0 Å². The van der Waals surface area contributed by atoms with E-state index in [-0.39, 0.29) is 17.9 Å². The summed E-state index contributed by atoms with van der Waals surface area (Å²) < 4.78 is 13.6. The molecule has 5 nitrogen and oxygen atoms in total. The van der Waals surface area contributed by atoms with Gasteiger partial charge in [0.2, 0.25) is 5.91 Å². The second-order valence-corrected chi connectivity index (χ2v) is 5.25. The maximum Gasteiger partial charge on any atom is 0.321 e. The Kier molecular flexibility index (Phi) is 6.30. The Balaban J connectivity index is 2.56. The van der Waals surface area contributed by atoms with Crippen molar-refractivity contribution in [1.82, 2.24) is 16.0 Å². The van der Waals surface area contributed by atoms with E-state index in [4.69, 9.17) is 0 Å². The molecule has 0 heterocycles. The molecule has 21 heavy (non-hydrogen) atoms. The van der Waals surface area contributed by atoms with Gasteiger partial charge in [0.25, 0.3) is 0 Å². The van der Waals surface area contributed by atoms with Crippen LogP contribution in [0, 0.1) is 5.82 Å². The molecule has 3 amide bonds. The molecule has 1 aromatic carbocycles. The fraction of sp³-hybridized carbons (Fsp3) is 0.467. The van der Waals surface area contributed by atoms with Crippen molar-refractivity contribution >= 4 is 11.9 Å². The average Bonchev–Trinajstić information content (AvgIpc) is 2.37. The Hall–Kier alpha value is -1.95. The van der Waals surface area contributed by atoms with Crippen LogP contribution in [0.4, 0.5) is 9.18 Å². The molecule has 0 aliphatic rings. The molecule has 0 bridgehead atoms. The van der Waals surface area contributed by atoms with Crippen LogP contribution in [0.2, 0.25) is 0 Å². The van der Waals surface area contributed by atoms with E-state index < -0.39 is 18.0 Å². The van der Waals surface area contributed by atoms with Crippen molar-refractivity contribution < 1.29 is 14.0 Å². The zero-order valence-electron chi connectivity index (χ0n) is 12.7. The first-order chi connectivity index (χ1) is 9.81. The quantitative estimate of drug-likeness (QED) is 0.779. The zero-order valence-corrected chi connectivity index (χ0v) is 12.7. The second-order valence-electron chi connectivity index (χ2n) is 5.25. The van der Waals surface area contributed by atoms with Gasteiger partial charge >= 0.3 is 6.03 Å². The van der Waals surface area contributed by atoms with Crippen molar-refractivity contribution in [3.63, 3.8) is 0 Å². The molecule has 2 atom stereocenters. The minimum Gasteiger partial charge on any atom is -0.336 e. The number of imide groups is 1. The number of rotatable bonds is 5. The molecule has 0 aromatic heterocycles. The van der Waals surface area contributed by atoms with Crippen LogP contribution in [0.5, 0.6) is 0 Å². The van der Waals surface area contributed by atoms with Crippen molar-refractivity contribution in [1.29, 1.82) is 0 Å². The summed E-state index contributed by atoms with van der Waals surface area (Å²) in [5.41, 5.74) is 0.476. The number of carbonyl (C=O) groups excluding carboxylic acids is 2. The summed E-state index contributed by atoms with van der Waals surface area (Å²) in [7, 11) is 0. The molecule has 0 radical (unpaired) electrons. The Morgan fingerprint density at radius 1 is 1.10 bits per heavy atom. The van der Waals surface area contributed by atoms with Crippen LogP contribution in [0.1, 0.15) is 39.3 Å². The van der Waals surface area contributed by atoms with Gasteiger partial charge in [0.15, 0.2) is 0 Å². The first-order valence-electron chi connectivity index (χ1n) is 6.93. The molecular formula is C15H22FN3O2.